The Bertz CT molecular complexity index is 1130. The van der Waals surface area contributed by atoms with E-state index in [-0.39, 0.29) is 34.2 Å². The van der Waals surface area contributed by atoms with Gasteiger partial charge in [0.2, 0.25) is 6.29 Å². The van der Waals surface area contributed by atoms with Crippen molar-refractivity contribution in [2.24, 2.45) is 0 Å². The van der Waals surface area contributed by atoms with Crippen molar-refractivity contribution in [2.45, 2.75) is 43.7 Å². The molecule has 12 heteroatoms. The van der Waals surface area contributed by atoms with Crippen molar-refractivity contribution in [1.29, 1.82) is 0 Å². The number of aromatic hydroxyl groups is 2. The van der Waals surface area contributed by atoms with E-state index in [4.69, 9.17) is 18.9 Å². The average molecular weight is 492 g/mol. The van der Waals surface area contributed by atoms with Gasteiger partial charge in [-0.05, 0) is 24.3 Å². The van der Waals surface area contributed by atoms with Crippen LogP contribution in [0, 0.1) is 0 Å². The Labute approximate surface area is 198 Å². The fourth-order valence-corrected chi connectivity index (χ4v) is 3.75. The normalized spacial score (nSPS) is 30.3. The number of phenolic OH excluding ortho intramolecular Hbond substituents is 2. The number of hydrogen-bond acceptors (Lipinski definition) is 12. The zero-order valence-corrected chi connectivity index (χ0v) is 18.3. The smallest absolute Gasteiger partial charge is 0.302 e. The number of hydrogen-bond donors (Lipinski definition) is 7. The van der Waals surface area contributed by atoms with Gasteiger partial charge in [-0.1, -0.05) is 0 Å². The molecular formula is C23H24O12. The van der Waals surface area contributed by atoms with E-state index >= 15 is 0 Å². The third kappa shape index (κ3) is 4.91. The third-order valence-electron chi connectivity index (χ3n) is 5.56. The van der Waals surface area contributed by atoms with Crippen molar-refractivity contribution in [1.82, 2.24) is 0 Å². The number of aliphatic hydroxyl groups excluding tert-OH is 5. The summed E-state index contributed by atoms with van der Waals surface area (Å²) in [6.45, 7) is 0.724. The van der Waals surface area contributed by atoms with E-state index in [1.54, 1.807) is 0 Å². The zero-order valence-electron chi connectivity index (χ0n) is 18.3. The molecule has 3 aliphatic rings. The van der Waals surface area contributed by atoms with E-state index in [1.165, 1.54) is 30.4 Å². The third-order valence-corrected chi connectivity index (χ3v) is 5.56. The summed E-state index contributed by atoms with van der Waals surface area (Å²) in [6.07, 6.45) is -5.07. The van der Waals surface area contributed by atoms with Crippen LogP contribution in [0.3, 0.4) is 0 Å². The molecule has 0 amide bonds. The van der Waals surface area contributed by atoms with Gasteiger partial charge >= 0.3 is 5.97 Å². The van der Waals surface area contributed by atoms with Gasteiger partial charge in [-0.2, -0.15) is 0 Å². The van der Waals surface area contributed by atoms with Gasteiger partial charge in [-0.15, -0.1) is 0 Å². The SMILES string of the molecule is CC(=O)OCC1OC(OC2=C(c3ccc(O)c(O)c3)OC3C=C(O)C=C(O)C3=C2)C(O)C(O)C1O. The molecule has 1 saturated heterocycles. The second kappa shape index (κ2) is 9.50. The first-order valence-corrected chi connectivity index (χ1v) is 10.5. The minimum atomic E-state index is -1.74. The largest absolute Gasteiger partial charge is 0.508 e. The Hall–Kier alpha value is -3.71. The lowest BCUT2D eigenvalue weighted by Crippen LogP contribution is -2.59. The molecule has 35 heavy (non-hydrogen) atoms. The van der Waals surface area contributed by atoms with Crippen LogP contribution in [0.5, 0.6) is 11.5 Å². The second-order valence-corrected chi connectivity index (χ2v) is 8.09. The van der Waals surface area contributed by atoms with Gasteiger partial charge in [0.05, 0.1) is 0 Å². The van der Waals surface area contributed by atoms with Gasteiger partial charge < -0.3 is 54.7 Å². The Balaban J connectivity index is 1.71. The maximum absolute atomic E-state index is 11.2. The van der Waals surface area contributed by atoms with E-state index in [0.717, 1.165) is 13.0 Å². The Kier molecular flexibility index (Phi) is 6.63. The summed E-state index contributed by atoms with van der Waals surface area (Å²) in [7, 11) is 0. The van der Waals surface area contributed by atoms with Crippen molar-refractivity contribution in [2.75, 3.05) is 6.61 Å². The highest BCUT2D eigenvalue weighted by Crippen LogP contribution is 2.39. The summed E-state index contributed by atoms with van der Waals surface area (Å²) in [5.41, 5.74) is 0.404. The summed E-state index contributed by atoms with van der Waals surface area (Å²) >= 11 is 0. The lowest BCUT2D eigenvalue weighted by molar-refractivity contribution is -0.291. The molecular weight excluding hydrogens is 468 g/mol. The molecule has 0 spiro atoms. The Morgan fingerprint density at radius 2 is 1.74 bits per heavy atom. The van der Waals surface area contributed by atoms with E-state index in [1.807, 2.05) is 0 Å². The van der Waals surface area contributed by atoms with Crippen molar-refractivity contribution in [3.05, 3.63) is 64.8 Å². The van der Waals surface area contributed by atoms with Gasteiger partial charge in [0, 0.05) is 30.2 Å². The molecule has 0 radical (unpaired) electrons. The Morgan fingerprint density at radius 1 is 1.00 bits per heavy atom. The van der Waals surface area contributed by atoms with Gasteiger partial charge in [-0.25, -0.2) is 0 Å². The number of aliphatic hydroxyl groups is 5. The first-order valence-electron chi connectivity index (χ1n) is 10.5. The molecule has 6 atom stereocenters. The number of ether oxygens (including phenoxy) is 4. The number of rotatable bonds is 5. The van der Waals surface area contributed by atoms with Crippen LogP contribution in [-0.4, -0.2) is 85.1 Å². The predicted molar refractivity (Wildman–Crippen MR) is 115 cm³/mol. The summed E-state index contributed by atoms with van der Waals surface area (Å²) in [6, 6.07) is 3.77. The van der Waals surface area contributed by atoms with E-state index < -0.39 is 60.9 Å². The summed E-state index contributed by atoms with van der Waals surface area (Å²) in [5, 5.41) is 70.7. The van der Waals surface area contributed by atoms with Crippen molar-refractivity contribution in [3.8, 4) is 11.5 Å². The van der Waals surface area contributed by atoms with Gasteiger partial charge in [0.25, 0.3) is 0 Å². The van der Waals surface area contributed by atoms with Crippen LogP contribution < -0.4 is 0 Å². The number of esters is 1. The average Bonchev–Trinajstić information content (AvgIpc) is 2.80. The molecule has 1 aromatic carbocycles. The van der Waals surface area contributed by atoms with Crippen LogP contribution in [-0.2, 0) is 23.7 Å². The molecule has 2 heterocycles. The number of phenols is 2. The summed E-state index contributed by atoms with van der Waals surface area (Å²) in [5.74, 6) is -2.23. The highest BCUT2D eigenvalue weighted by Gasteiger charge is 2.46. The lowest BCUT2D eigenvalue weighted by Gasteiger charge is -2.40. The quantitative estimate of drug-likeness (QED) is 0.221. The van der Waals surface area contributed by atoms with E-state index in [9.17, 15) is 40.5 Å². The first-order chi connectivity index (χ1) is 16.5. The van der Waals surface area contributed by atoms with Crippen LogP contribution in [0.1, 0.15) is 12.5 Å². The zero-order chi connectivity index (χ0) is 25.4. The predicted octanol–water partition coefficient (Wildman–Crippen LogP) is 0.376. The van der Waals surface area contributed by atoms with E-state index in [0.29, 0.717) is 0 Å². The molecule has 6 unspecified atom stereocenters. The summed E-state index contributed by atoms with van der Waals surface area (Å²) < 4.78 is 22.1. The van der Waals surface area contributed by atoms with Crippen molar-refractivity contribution >= 4 is 11.7 Å². The maximum atomic E-state index is 11.2. The summed E-state index contributed by atoms with van der Waals surface area (Å²) in [4.78, 5) is 11.2. The first kappa shape index (κ1) is 24.4. The molecule has 0 bridgehead atoms. The molecule has 1 aromatic rings. The molecule has 1 aliphatic carbocycles. The van der Waals surface area contributed by atoms with Gasteiger partial charge in [-0.3, -0.25) is 4.79 Å². The van der Waals surface area contributed by atoms with Crippen LogP contribution in [0.15, 0.2) is 59.3 Å². The fraction of sp³-hybridized carbons (Fsp3) is 0.348. The molecule has 2 aliphatic heterocycles. The maximum Gasteiger partial charge on any atom is 0.302 e. The molecule has 7 N–H and O–H groups in total. The van der Waals surface area contributed by atoms with Gasteiger partial charge in [0.1, 0.15) is 48.6 Å². The molecule has 4 rings (SSSR count). The van der Waals surface area contributed by atoms with Crippen molar-refractivity contribution < 1.29 is 59.5 Å². The number of carbonyl (C=O) groups excluding carboxylic acids is 1. The number of allylic oxidation sites excluding steroid dienone is 2. The van der Waals surface area contributed by atoms with Crippen LogP contribution >= 0.6 is 0 Å². The number of fused-ring (bicyclic) bond motifs is 1. The van der Waals surface area contributed by atoms with E-state index in [2.05, 4.69) is 0 Å². The van der Waals surface area contributed by atoms with Gasteiger partial charge in [0.15, 0.2) is 23.0 Å². The monoisotopic (exact) mass is 492 g/mol. The number of benzene rings is 1. The second-order valence-electron chi connectivity index (χ2n) is 8.09. The minimum Gasteiger partial charge on any atom is -0.508 e. The lowest BCUT2D eigenvalue weighted by atomic mass is 9.96. The minimum absolute atomic E-state index is 0.0271. The highest BCUT2D eigenvalue weighted by molar-refractivity contribution is 5.70. The van der Waals surface area contributed by atoms with Crippen LogP contribution in [0.4, 0.5) is 0 Å². The fourth-order valence-electron chi connectivity index (χ4n) is 3.75. The molecule has 1 fully saturated rings. The standard InChI is InChI=1S/C23H24O12/c1-9(24)32-8-18-19(29)20(30)21(31)23(35-18)34-17-7-12-14(27)5-11(25)6-16(12)33-22(17)10-2-3-13(26)15(28)4-10/h2-7,16,18-21,23,25-31H,8H2,1H3. The molecule has 12 nitrogen and oxygen atoms in total. The molecule has 0 saturated carbocycles. The highest BCUT2D eigenvalue weighted by atomic mass is 16.7. The molecule has 0 aromatic heterocycles. The number of carbonyl (C=O) groups is 1. The Morgan fingerprint density at radius 3 is 2.43 bits per heavy atom. The topological polar surface area (TPSA) is 196 Å². The molecule has 188 valence electrons. The van der Waals surface area contributed by atoms with Crippen LogP contribution in [0.25, 0.3) is 5.76 Å². The van der Waals surface area contributed by atoms with Crippen molar-refractivity contribution in [3.63, 3.8) is 0 Å². The van der Waals surface area contributed by atoms with Crippen LogP contribution in [0.2, 0.25) is 0 Å².